The third-order valence-electron chi connectivity index (χ3n) is 6.13. The zero-order valence-electron chi connectivity index (χ0n) is 17.9. The van der Waals surface area contributed by atoms with Crippen molar-refractivity contribution in [3.8, 4) is 0 Å². The molecule has 0 bridgehead atoms. The van der Waals surface area contributed by atoms with Crippen LogP contribution in [0.5, 0.6) is 0 Å². The maximum Gasteiger partial charge on any atom is 0.419 e. The molecule has 7 heteroatoms. The van der Waals surface area contributed by atoms with E-state index >= 15 is 0 Å². The third-order valence-corrected chi connectivity index (χ3v) is 6.13. The number of anilines is 2. The second kappa shape index (κ2) is 8.86. The van der Waals surface area contributed by atoms with Gasteiger partial charge in [0.1, 0.15) is 0 Å². The molecular weight excluding hydrogens is 404 g/mol. The number of piperidine rings is 1. The molecule has 2 aromatic heterocycles. The Morgan fingerprint density at radius 2 is 1.88 bits per heavy atom. The summed E-state index contributed by atoms with van der Waals surface area (Å²) in [7, 11) is 0. The van der Waals surface area contributed by atoms with Crippen LogP contribution in [0.25, 0.3) is 21.9 Å². The number of fused-ring (bicyclic) bond motifs is 2. The zero-order chi connectivity index (χ0) is 21.9. The second-order valence-corrected chi connectivity index (χ2v) is 8.24. The molecule has 1 saturated heterocycles. The van der Waals surface area contributed by atoms with Crippen molar-refractivity contribution in [3.05, 3.63) is 65.4 Å². The smallest absolute Gasteiger partial charge is 0.408 e. The van der Waals surface area contributed by atoms with Gasteiger partial charge in [-0.1, -0.05) is 12.1 Å². The summed E-state index contributed by atoms with van der Waals surface area (Å²) < 4.78 is 6.84. The molecule has 164 valence electrons. The van der Waals surface area contributed by atoms with Gasteiger partial charge >= 0.3 is 5.76 Å². The molecule has 1 amide bonds. The molecule has 5 rings (SSSR count). The summed E-state index contributed by atoms with van der Waals surface area (Å²) in [5.41, 5.74) is 3.29. The van der Waals surface area contributed by atoms with Crippen LogP contribution in [0.15, 0.2) is 64.1 Å². The summed E-state index contributed by atoms with van der Waals surface area (Å²) in [5.74, 6) is -0.473. The second-order valence-electron chi connectivity index (χ2n) is 8.24. The van der Waals surface area contributed by atoms with Crippen LogP contribution in [-0.4, -0.2) is 28.5 Å². The fourth-order valence-electron chi connectivity index (χ4n) is 4.53. The van der Waals surface area contributed by atoms with E-state index in [1.165, 1.54) is 24.9 Å². The van der Waals surface area contributed by atoms with E-state index in [0.717, 1.165) is 35.1 Å². The van der Waals surface area contributed by atoms with E-state index in [1.807, 2.05) is 36.5 Å². The predicted octanol–water partition coefficient (Wildman–Crippen LogP) is 4.55. The van der Waals surface area contributed by atoms with Crippen molar-refractivity contribution in [2.75, 3.05) is 23.3 Å². The minimum Gasteiger partial charge on any atom is -0.408 e. The number of hydrogen-bond acceptors (Lipinski definition) is 5. The Labute approximate surface area is 185 Å². The van der Waals surface area contributed by atoms with E-state index in [2.05, 4.69) is 21.3 Å². The topological polar surface area (TPSA) is 80.4 Å². The van der Waals surface area contributed by atoms with Crippen molar-refractivity contribution >= 4 is 39.2 Å². The largest absolute Gasteiger partial charge is 0.419 e. The van der Waals surface area contributed by atoms with Gasteiger partial charge in [-0.25, -0.2) is 4.79 Å². The number of nitrogens with one attached hydrogen (secondary N) is 1. The molecule has 1 fully saturated rings. The molecule has 0 spiro atoms. The molecule has 1 aliphatic rings. The van der Waals surface area contributed by atoms with E-state index in [1.54, 1.807) is 16.8 Å². The van der Waals surface area contributed by atoms with Crippen LogP contribution >= 0.6 is 0 Å². The normalized spacial score (nSPS) is 14.2. The Bertz CT molecular complexity index is 1320. The first-order valence-electron chi connectivity index (χ1n) is 11.2. The molecule has 3 heterocycles. The minimum absolute atomic E-state index is 0.0817. The number of para-hydroxylation sites is 2. The predicted molar refractivity (Wildman–Crippen MR) is 126 cm³/mol. The van der Waals surface area contributed by atoms with Crippen LogP contribution in [0.3, 0.4) is 0 Å². The molecule has 0 saturated carbocycles. The number of carbonyl (C=O) groups excluding carboxylic acids is 1. The van der Waals surface area contributed by atoms with Gasteiger partial charge in [-0.15, -0.1) is 0 Å². The molecule has 32 heavy (non-hydrogen) atoms. The van der Waals surface area contributed by atoms with Crippen molar-refractivity contribution in [2.45, 2.75) is 38.6 Å². The fraction of sp³-hybridized carbons (Fsp3) is 0.320. The Morgan fingerprint density at radius 1 is 1.03 bits per heavy atom. The quantitative estimate of drug-likeness (QED) is 0.485. The van der Waals surface area contributed by atoms with Crippen molar-refractivity contribution in [1.82, 2.24) is 9.55 Å². The number of oxazole rings is 1. The number of pyridine rings is 1. The summed E-state index contributed by atoms with van der Waals surface area (Å²) in [5, 5.41) is 5.09. The van der Waals surface area contributed by atoms with Crippen LogP contribution in [0.2, 0.25) is 0 Å². The third kappa shape index (κ3) is 3.98. The van der Waals surface area contributed by atoms with E-state index in [-0.39, 0.29) is 5.91 Å². The summed E-state index contributed by atoms with van der Waals surface area (Å²) >= 11 is 0. The lowest BCUT2D eigenvalue weighted by Gasteiger charge is -2.30. The molecule has 7 nitrogen and oxygen atoms in total. The van der Waals surface area contributed by atoms with Gasteiger partial charge in [0.25, 0.3) is 0 Å². The van der Waals surface area contributed by atoms with Gasteiger partial charge in [0.15, 0.2) is 5.58 Å². The van der Waals surface area contributed by atoms with Crippen LogP contribution in [0.1, 0.15) is 32.1 Å². The van der Waals surface area contributed by atoms with Crippen molar-refractivity contribution in [2.24, 2.45) is 0 Å². The molecule has 2 aromatic carbocycles. The lowest BCUT2D eigenvalue weighted by Crippen LogP contribution is -2.29. The highest BCUT2D eigenvalue weighted by atomic mass is 16.4. The van der Waals surface area contributed by atoms with Crippen LogP contribution in [0.4, 0.5) is 11.4 Å². The van der Waals surface area contributed by atoms with Crippen molar-refractivity contribution in [1.29, 1.82) is 0 Å². The Balaban J connectivity index is 1.28. The first-order chi connectivity index (χ1) is 15.7. The molecule has 0 radical (unpaired) electrons. The monoisotopic (exact) mass is 430 g/mol. The van der Waals surface area contributed by atoms with E-state index in [0.29, 0.717) is 25.0 Å². The Morgan fingerprint density at radius 3 is 2.75 bits per heavy atom. The van der Waals surface area contributed by atoms with Crippen LogP contribution in [0, 0.1) is 0 Å². The lowest BCUT2D eigenvalue weighted by atomic mass is 10.0. The SMILES string of the molecule is O=C(CCCn1c(=O)oc2ccccc21)Nc1ccc(N2CCCCC2)c2ccncc12. The van der Waals surface area contributed by atoms with Crippen LogP contribution in [-0.2, 0) is 11.3 Å². The summed E-state index contributed by atoms with van der Waals surface area (Å²) in [6, 6.07) is 13.4. The average Bonchev–Trinajstić information content (AvgIpc) is 3.15. The summed E-state index contributed by atoms with van der Waals surface area (Å²) in [6.07, 6.45) is 8.16. The van der Waals surface area contributed by atoms with Gasteiger partial charge < -0.3 is 14.6 Å². The van der Waals surface area contributed by atoms with Gasteiger partial charge in [0, 0.05) is 54.9 Å². The minimum atomic E-state index is -0.392. The standard InChI is InChI=1S/C25H26N4O3/c30-24(9-6-16-29-22-7-2-3-8-23(22)32-25(29)31)27-20-10-11-21(28-14-4-1-5-15-28)18-12-13-26-17-19(18)20/h2-3,7-8,10-13,17H,1,4-6,9,14-16H2,(H,27,30). The highest BCUT2D eigenvalue weighted by Gasteiger charge is 2.16. The van der Waals surface area contributed by atoms with Gasteiger partial charge in [-0.05, 0) is 56.0 Å². The lowest BCUT2D eigenvalue weighted by molar-refractivity contribution is -0.116. The molecule has 1 N–H and O–H groups in total. The van der Waals surface area contributed by atoms with E-state index in [9.17, 15) is 9.59 Å². The highest BCUT2D eigenvalue weighted by Crippen LogP contribution is 2.33. The number of amides is 1. The number of nitrogens with zero attached hydrogens (tertiary/aromatic N) is 3. The fourth-order valence-corrected chi connectivity index (χ4v) is 4.53. The Hall–Kier alpha value is -3.61. The first kappa shape index (κ1) is 20.3. The molecule has 0 aliphatic carbocycles. The van der Waals surface area contributed by atoms with E-state index in [4.69, 9.17) is 4.42 Å². The highest BCUT2D eigenvalue weighted by molar-refractivity contribution is 6.06. The van der Waals surface area contributed by atoms with Gasteiger partial charge in [0.05, 0.1) is 11.2 Å². The van der Waals surface area contributed by atoms with Crippen LogP contribution < -0.4 is 16.0 Å². The maximum atomic E-state index is 12.7. The number of carbonyl (C=O) groups is 1. The average molecular weight is 431 g/mol. The molecule has 0 atom stereocenters. The number of aryl methyl sites for hydroxylation is 1. The number of hydrogen-bond donors (Lipinski definition) is 1. The number of aromatic nitrogens is 2. The molecular formula is C25H26N4O3. The first-order valence-corrected chi connectivity index (χ1v) is 11.2. The van der Waals surface area contributed by atoms with E-state index < -0.39 is 5.76 Å². The van der Waals surface area contributed by atoms with Gasteiger partial charge in [-0.3, -0.25) is 14.3 Å². The Kier molecular flexibility index (Phi) is 5.62. The number of rotatable bonds is 6. The summed E-state index contributed by atoms with van der Waals surface area (Å²) in [4.78, 5) is 31.5. The van der Waals surface area contributed by atoms with Gasteiger partial charge in [-0.2, -0.15) is 0 Å². The molecule has 1 aliphatic heterocycles. The zero-order valence-corrected chi connectivity index (χ0v) is 17.9. The van der Waals surface area contributed by atoms with Gasteiger partial charge in [0.2, 0.25) is 5.91 Å². The van der Waals surface area contributed by atoms with Crippen molar-refractivity contribution in [3.63, 3.8) is 0 Å². The molecule has 0 unspecified atom stereocenters. The van der Waals surface area contributed by atoms with Crippen molar-refractivity contribution < 1.29 is 9.21 Å². The number of benzene rings is 2. The maximum absolute atomic E-state index is 12.7. The summed E-state index contributed by atoms with van der Waals surface area (Å²) in [6.45, 7) is 2.55. The molecule has 4 aromatic rings.